The third-order valence-corrected chi connectivity index (χ3v) is 3.82. The first-order valence-corrected chi connectivity index (χ1v) is 6.28. The van der Waals surface area contributed by atoms with Gasteiger partial charge in [0, 0.05) is 25.0 Å². The molecule has 0 bridgehead atoms. The highest BCUT2D eigenvalue weighted by Gasteiger charge is 2.46. The van der Waals surface area contributed by atoms with E-state index in [2.05, 4.69) is 5.32 Å². The van der Waals surface area contributed by atoms with Gasteiger partial charge in [-0.2, -0.15) is 0 Å². The number of nitrogens with one attached hydrogen (secondary N) is 1. The molecule has 2 fully saturated rings. The molecule has 1 heterocycles. The first-order chi connectivity index (χ1) is 7.61. The molecule has 1 saturated heterocycles. The van der Waals surface area contributed by atoms with Gasteiger partial charge in [0.25, 0.3) is 0 Å². The Labute approximate surface area is 96.4 Å². The highest BCUT2D eigenvalue weighted by molar-refractivity contribution is 5.75. The molecule has 1 N–H and O–H groups in total. The van der Waals surface area contributed by atoms with Crippen LogP contribution in [0.1, 0.15) is 39.0 Å². The van der Waals surface area contributed by atoms with Crippen molar-refractivity contribution >= 4 is 6.03 Å². The maximum absolute atomic E-state index is 12.5. The third-order valence-electron chi connectivity index (χ3n) is 3.82. The van der Waals surface area contributed by atoms with Crippen molar-refractivity contribution < 1.29 is 9.18 Å². The first-order valence-electron chi connectivity index (χ1n) is 6.28. The molecular weight excluding hydrogens is 207 g/mol. The Morgan fingerprint density at radius 1 is 1.44 bits per heavy atom. The number of carbonyl (C=O) groups excluding carboxylic acids is 1. The molecule has 16 heavy (non-hydrogen) atoms. The second kappa shape index (κ2) is 4.60. The van der Waals surface area contributed by atoms with Crippen LogP contribution in [0.5, 0.6) is 0 Å². The Hall–Kier alpha value is -0.800. The Bertz CT molecular complexity index is 254. The van der Waals surface area contributed by atoms with E-state index in [1.54, 1.807) is 0 Å². The fourth-order valence-corrected chi connectivity index (χ4v) is 2.84. The van der Waals surface area contributed by atoms with Crippen LogP contribution in [-0.4, -0.2) is 36.7 Å². The molecule has 2 amide bonds. The van der Waals surface area contributed by atoms with Gasteiger partial charge < -0.3 is 10.2 Å². The zero-order valence-electron chi connectivity index (χ0n) is 9.97. The van der Waals surface area contributed by atoms with Crippen molar-refractivity contribution in [2.75, 3.05) is 19.6 Å². The molecule has 2 aliphatic rings. The number of urea groups is 1. The van der Waals surface area contributed by atoms with E-state index in [1.165, 1.54) is 32.6 Å². The van der Waals surface area contributed by atoms with Crippen molar-refractivity contribution in [1.82, 2.24) is 10.2 Å². The van der Waals surface area contributed by atoms with Crippen molar-refractivity contribution in [3.8, 4) is 0 Å². The zero-order chi connectivity index (χ0) is 11.6. The zero-order valence-corrected chi connectivity index (χ0v) is 9.97. The number of amides is 2. The molecule has 0 aromatic carbocycles. The summed E-state index contributed by atoms with van der Waals surface area (Å²) in [5.41, 5.74) is 0.449. The van der Waals surface area contributed by atoms with Crippen molar-refractivity contribution in [1.29, 1.82) is 0 Å². The van der Waals surface area contributed by atoms with Gasteiger partial charge in [0.05, 0.1) is 6.17 Å². The van der Waals surface area contributed by atoms with Gasteiger partial charge in [-0.25, -0.2) is 9.18 Å². The topological polar surface area (TPSA) is 32.3 Å². The molecule has 0 aromatic heterocycles. The van der Waals surface area contributed by atoms with Gasteiger partial charge in [0.1, 0.15) is 0 Å². The molecule has 1 spiro atoms. The van der Waals surface area contributed by atoms with Crippen molar-refractivity contribution in [3.63, 3.8) is 0 Å². The van der Waals surface area contributed by atoms with Crippen molar-refractivity contribution in [3.05, 3.63) is 0 Å². The van der Waals surface area contributed by atoms with Gasteiger partial charge >= 0.3 is 6.03 Å². The van der Waals surface area contributed by atoms with Crippen LogP contribution in [-0.2, 0) is 0 Å². The van der Waals surface area contributed by atoms with Crippen LogP contribution in [0, 0.1) is 5.41 Å². The Morgan fingerprint density at radius 2 is 2.06 bits per heavy atom. The van der Waals surface area contributed by atoms with Crippen LogP contribution in [0.25, 0.3) is 0 Å². The van der Waals surface area contributed by atoms with Crippen molar-refractivity contribution in [2.45, 2.75) is 45.2 Å². The van der Waals surface area contributed by atoms with Gasteiger partial charge in [0.15, 0.2) is 0 Å². The van der Waals surface area contributed by atoms with Gasteiger partial charge in [-0.05, 0) is 26.2 Å². The van der Waals surface area contributed by atoms with Crippen LogP contribution in [0.15, 0.2) is 0 Å². The van der Waals surface area contributed by atoms with E-state index in [1.807, 2.05) is 4.90 Å². The predicted octanol–water partition coefficient (Wildman–Crippen LogP) is 2.32. The molecular formula is C12H21FN2O. The smallest absolute Gasteiger partial charge is 0.317 e. The maximum atomic E-state index is 12.5. The van der Waals surface area contributed by atoms with Gasteiger partial charge in [-0.3, -0.25) is 0 Å². The Morgan fingerprint density at radius 3 is 2.62 bits per heavy atom. The van der Waals surface area contributed by atoms with E-state index in [9.17, 15) is 9.18 Å². The lowest BCUT2D eigenvalue weighted by atomic mass is 9.78. The summed E-state index contributed by atoms with van der Waals surface area (Å²) in [6.07, 6.45) is 4.75. The molecule has 1 aliphatic carbocycles. The number of rotatable bonds is 3. The van der Waals surface area contributed by atoms with Crippen LogP contribution in [0.4, 0.5) is 9.18 Å². The van der Waals surface area contributed by atoms with E-state index < -0.39 is 6.17 Å². The van der Waals surface area contributed by atoms with Gasteiger partial charge in [-0.1, -0.05) is 12.8 Å². The summed E-state index contributed by atoms with van der Waals surface area (Å²) >= 11 is 0. The predicted molar refractivity (Wildman–Crippen MR) is 61.1 cm³/mol. The van der Waals surface area contributed by atoms with Crippen LogP contribution in [0.3, 0.4) is 0 Å². The summed E-state index contributed by atoms with van der Waals surface area (Å²) in [7, 11) is 0. The number of nitrogens with zero attached hydrogens (tertiary/aromatic N) is 1. The average Bonchev–Trinajstić information content (AvgIpc) is 2.63. The number of carbonyl (C=O) groups is 1. The number of hydrogen-bond acceptors (Lipinski definition) is 1. The number of hydrogen-bond donors (Lipinski definition) is 1. The van der Waals surface area contributed by atoms with E-state index in [0.29, 0.717) is 18.4 Å². The molecule has 1 atom stereocenters. The molecule has 1 saturated carbocycles. The summed E-state index contributed by atoms with van der Waals surface area (Å²) in [6.45, 7) is 3.78. The molecule has 92 valence electrons. The summed E-state index contributed by atoms with van der Waals surface area (Å²) in [4.78, 5) is 13.5. The van der Waals surface area contributed by atoms with Crippen LogP contribution in [0.2, 0.25) is 0 Å². The van der Waals surface area contributed by atoms with E-state index >= 15 is 0 Å². The quantitative estimate of drug-likeness (QED) is 0.790. The minimum absolute atomic E-state index is 0.0156. The van der Waals surface area contributed by atoms with E-state index in [-0.39, 0.29) is 6.03 Å². The molecule has 2 rings (SSSR count). The first kappa shape index (κ1) is 11.7. The van der Waals surface area contributed by atoms with Gasteiger partial charge in [-0.15, -0.1) is 0 Å². The molecule has 0 radical (unpaired) electrons. The fraction of sp³-hybridized carbons (Fsp3) is 0.917. The highest BCUT2D eigenvalue weighted by atomic mass is 19.1. The molecule has 1 aliphatic heterocycles. The maximum Gasteiger partial charge on any atom is 0.317 e. The third kappa shape index (κ3) is 2.47. The normalized spacial score (nSPS) is 24.2. The number of likely N-dealkylation sites (tertiary alicyclic amines) is 1. The largest absolute Gasteiger partial charge is 0.338 e. The lowest BCUT2D eigenvalue weighted by Crippen LogP contribution is -2.59. The summed E-state index contributed by atoms with van der Waals surface area (Å²) in [5, 5.41) is 2.77. The SMILES string of the molecule is CC(F)CCNC(=O)N1CC2(CCCC2)C1. The number of alkyl halides is 1. The monoisotopic (exact) mass is 228 g/mol. The van der Waals surface area contributed by atoms with E-state index in [4.69, 9.17) is 0 Å². The Balaban J connectivity index is 1.65. The number of halogens is 1. The highest BCUT2D eigenvalue weighted by Crippen LogP contribution is 2.45. The second-order valence-corrected chi connectivity index (χ2v) is 5.36. The van der Waals surface area contributed by atoms with Crippen LogP contribution < -0.4 is 5.32 Å². The summed E-state index contributed by atoms with van der Waals surface area (Å²) in [6, 6.07) is -0.0156. The molecule has 0 aromatic rings. The fourth-order valence-electron chi connectivity index (χ4n) is 2.84. The van der Waals surface area contributed by atoms with Crippen molar-refractivity contribution in [2.24, 2.45) is 5.41 Å². The Kier molecular flexibility index (Phi) is 3.36. The minimum Gasteiger partial charge on any atom is -0.338 e. The molecule has 3 nitrogen and oxygen atoms in total. The van der Waals surface area contributed by atoms with Crippen LogP contribution >= 0.6 is 0 Å². The summed E-state index contributed by atoms with van der Waals surface area (Å²) in [5.74, 6) is 0. The minimum atomic E-state index is -0.835. The summed E-state index contributed by atoms with van der Waals surface area (Å²) < 4.78 is 12.5. The molecule has 4 heteroatoms. The standard InChI is InChI=1S/C12H21FN2O/c1-10(13)4-7-14-11(16)15-8-12(9-15)5-2-3-6-12/h10H,2-9H2,1H3,(H,14,16). The van der Waals surface area contributed by atoms with E-state index in [0.717, 1.165) is 13.1 Å². The lowest BCUT2D eigenvalue weighted by molar-refractivity contribution is 0.0370. The second-order valence-electron chi connectivity index (χ2n) is 5.36. The molecule has 1 unspecified atom stereocenters. The average molecular weight is 228 g/mol. The lowest BCUT2D eigenvalue weighted by Gasteiger charge is -2.48. The van der Waals surface area contributed by atoms with Gasteiger partial charge in [0.2, 0.25) is 0 Å².